The van der Waals surface area contributed by atoms with E-state index in [9.17, 15) is 9.59 Å². The van der Waals surface area contributed by atoms with Gasteiger partial charge in [0, 0.05) is 26.1 Å². The van der Waals surface area contributed by atoms with Crippen molar-refractivity contribution in [2.24, 2.45) is 0 Å². The first kappa shape index (κ1) is 20.8. The number of anilines is 1. The fourth-order valence-corrected chi connectivity index (χ4v) is 3.93. The SMILES string of the molecule is COc1ccccc1NC(=O)Cn1c(C)nc2c(c1=O)CN(Cc1ccccc1)CC2. The number of methoxy groups -OCH3 is 1. The molecule has 0 aliphatic carbocycles. The van der Waals surface area contributed by atoms with Gasteiger partial charge in [0.15, 0.2) is 0 Å². The monoisotopic (exact) mass is 418 g/mol. The van der Waals surface area contributed by atoms with E-state index in [-0.39, 0.29) is 18.0 Å². The molecule has 0 saturated carbocycles. The molecule has 1 aliphatic heterocycles. The maximum Gasteiger partial charge on any atom is 0.258 e. The first-order valence-corrected chi connectivity index (χ1v) is 10.3. The highest BCUT2D eigenvalue weighted by Gasteiger charge is 2.23. The Kier molecular flexibility index (Phi) is 6.13. The minimum Gasteiger partial charge on any atom is -0.495 e. The standard InChI is InChI=1S/C24H26N4O3/c1-17-25-20-12-13-27(14-18-8-4-3-5-9-18)15-19(20)24(30)28(17)16-23(29)26-21-10-6-7-11-22(21)31-2/h3-11H,12-16H2,1-2H3,(H,26,29). The maximum atomic E-state index is 13.2. The molecule has 0 spiro atoms. The van der Waals surface area contributed by atoms with Gasteiger partial charge in [0.1, 0.15) is 18.1 Å². The molecule has 31 heavy (non-hydrogen) atoms. The molecule has 0 radical (unpaired) electrons. The van der Waals surface area contributed by atoms with Crippen LogP contribution >= 0.6 is 0 Å². The van der Waals surface area contributed by atoms with Crippen LogP contribution in [0.3, 0.4) is 0 Å². The average Bonchev–Trinajstić information content (AvgIpc) is 2.78. The summed E-state index contributed by atoms with van der Waals surface area (Å²) in [5, 5.41) is 2.82. The van der Waals surface area contributed by atoms with Gasteiger partial charge in [-0.15, -0.1) is 0 Å². The van der Waals surface area contributed by atoms with E-state index in [1.54, 1.807) is 26.2 Å². The number of fused-ring (bicyclic) bond motifs is 1. The smallest absolute Gasteiger partial charge is 0.258 e. The molecule has 3 aromatic rings. The van der Waals surface area contributed by atoms with Crippen LogP contribution in [0.4, 0.5) is 5.69 Å². The second kappa shape index (κ2) is 9.14. The average molecular weight is 418 g/mol. The van der Waals surface area contributed by atoms with Crippen molar-refractivity contribution >= 4 is 11.6 Å². The lowest BCUT2D eigenvalue weighted by atomic mass is 10.1. The molecule has 1 amide bonds. The third-order valence-corrected chi connectivity index (χ3v) is 5.52. The van der Waals surface area contributed by atoms with E-state index in [1.807, 2.05) is 30.3 Å². The molecule has 7 heteroatoms. The van der Waals surface area contributed by atoms with Crippen molar-refractivity contribution in [3.8, 4) is 5.75 Å². The predicted octanol–water partition coefficient (Wildman–Crippen LogP) is 2.76. The summed E-state index contributed by atoms with van der Waals surface area (Å²) in [6, 6.07) is 17.4. The zero-order chi connectivity index (χ0) is 21.8. The topological polar surface area (TPSA) is 76.5 Å². The Morgan fingerprint density at radius 2 is 1.87 bits per heavy atom. The van der Waals surface area contributed by atoms with E-state index in [0.717, 1.165) is 25.2 Å². The van der Waals surface area contributed by atoms with Gasteiger partial charge in [-0.1, -0.05) is 42.5 Å². The number of nitrogens with one attached hydrogen (secondary N) is 1. The third-order valence-electron chi connectivity index (χ3n) is 5.52. The van der Waals surface area contributed by atoms with Crippen molar-refractivity contribution in [3.63, 3.8) is 0 Å². The van der Waals surface area contributed by atoms with E-state index >= 15 is 0 Å². The summed E-state index contributed by atoms with van der Waals surface area (Å²) in [6.07, 6.45) is 0.729. The second-order valence-corrected chi connectivity index (χ2v) is 7.67. The van der Waals surface area contributed by atoms with Crippen LogP contribution in [-0.2, 0) is 30.8 Å². The van der Waals surface area contributed by atoms with Gasteiger partial charge in [-0.3, -0.25) is 19.1 Å². The lowest BCUT2D eigenvalue weighted by Gasteiger charge is -2.28. The highest BCUT2D eigenvalue weighted by molar-refractivity contribution is 5.92. The van der Waals surface area contributed by atoms with E-state index < -0.39 is 0 Å². The van der Waals surface area contributed by atoms with Crippen LogP contribution in [0.2, 0.25) is 0 Å². The van der Waals surface area contributed by atoms with Crippen LogP contribution in [0.1, 0.15) is 22.6 Å². The van der Waals surface area contributed by atoms with Crippen molar-refractivity contribution in [2.75, 3.05) is 19.0 Å². The number of carbonyl (C=O) groups excluding carboxylic acids is 1. The summed E-state index contributed by atoms with van der Waals surface area (Å²) >= 11 is 0. The minimum absolute atomic E-state index is 0.0956. The number of nitrogens with zero attached hydrogens (tertiary/aromatic N) is 3. The van der Waals surface area contributed by atoms with Crippen LogP contribution in [-0.4, -0.2) is 34.0 Å². The van der Waals surface area contributed by atoms with Gasteiger partial charge in [0.05, 0.1) is 24.1 Å². The summed E-state index contributed by atoms with van der Waals surface area (Å²) in [7, 11) is 1.55. The highest BCUT2D eigenvalue weighted by Crippen LogP contribution is 2.23. The van der Waals surface area contributed by atoms with Crippen molar-refractivity contribution < 1.29 is 9.53 Å². The van der Waals surface area contributed by atoms with E-state index in [0.29, 0.717) is 29.4 Å². The Hall–Kier alpha value is -3.45. The second-order valence-electron chi connectivity index (χ2n) is 7.67. The molecule has 7 nitrogen and oxygen atoms in total. The molecular formula is C24H26N4O3. The normalized spacial score (nSPS) is 13.5. The summed E-state index contributed by atoms with van der Waals surface area (Å²) < 4.78 is 6.73. The van der Waals surface area contributed by atoms with E-state index in [4.69, 9.17) is 4.74 Å². The molecule has 4 rings (SSSR count). The number of amides is 1. The van der Waals surface area contributed by atoms with Crippen molar-refractivity contribution in [1.82, 2.24) is 14.5 Å². The fourth-order valence-electron chi connectivity index (χ4n) is 3.93. The first-order valence-electron chi connectivity index (χ1n) is 10.3. The Morgan fingerprint density at radius 1 is 1.13 bits per heavy atom. The molecule has 0 saturated heterocycles. The number of para-hydroxylation sites is 2. The minimum atomic E-state index is -0.298. The van der Waals surface area contributed by atoms with Crippen LogP contribution in [0.15, 0.2) is 59.4 Å². The molecule has 1 aromatic heterocycles. The quantitative estimate of drug-likeness (QED) is 0.666. The number of carbonyl (C=O) groups is 1. The number of aromatic nitrogens is 2. The van der Waals surface area contributed by atoms with Crippen LogP contribution in [0.25, 0.3) is 0 Å². The molecule has 0 fully saturated rings. The molecule has 1 N–H and O–H groups in total. The molecule has 2 heterocycles. The van der Waals surface area contributed by atoms with Gasteiger partial charge in [0.2, 0.25) is 5.91 Å². The van der Waals surface area contributed by atoms with Crippen molar-refractivity contribution in [3.05, 3.63) is 87.6 Å². The summed E-state index contributed by atoms with van der Waals surface area (Å²) in [5.41, 5.74) is 3.16. The summed E-state index contributed by atoms with van der Waals surface area (Å²) in [4.78, 5) is 32.8. The molecular weight excluding hydrogens is 392 g/mol. The fraction of sp³-hybridized carbons (Fsp3) is 0.292. The van der Waals surface area contributed by atoms with Crippen LogP contribution in [0, 0.1) is 6.92 Å². The largest absolute Gasteiger partial charge is 0.495 e. The Morgan fingerprint density at radius 3 is 2.65 bits per heavy atom. The third kappa shape index (κ3) is 4.67. The number of aryl methyl sites for hydroxylation is 1. The lowest BCUT2D eigenvalue weighted by Crippen LogP contribution is -2.39. The molecule has 1 aliphatic rings. The Balaban J connectivity index is 1.53. The van der Waals surface area contributed by atoms with Crippen LogP contribution in [0.5, 0.6) is 5.75 Å². The summed E-state index contributed by atoms with van der Waals surface area (Å²) in [6.45, 7) is 3.84. The molecule has 160 valence electrons. The number of hydrogen-bond acceptors (Lipinski definition) is 5. The van der Waals surface area contributed by atoms with Gasteiger partial charge in [-0.05, 0) is 24.6 Å². The summed E-state index contributed by atoms with van der Waals surface area (Å²) in [5.74, 6) is 0.823. The van der Waals surface area contributed by atoms with E-state index in [2.05, 4.69) is 27.3 Å². The van der Waals surface area contributed by atoms with Crippen molar-refractivity contribution in [1.29, 1.82) is 0 Å². The molecule has 0 unspecified atom stereocenters. The zero-order valence-electron chi connectivity index (χ0n) is 17.8. The van der Waals surface area contributed by atoms with Gasteiger partial charge >= 0.3 is 0 Å². The number of ether oxygens (including phenoxy) is 1. The lowest BCUT2D eigenvalue weighted by molar-refractivity contribution is -0.116. The van der Waals surface area contributed by atoms with Crippen LogP contribution < -0.4 is 15.6 Å². The Labute approximate surface area is 181 Å². The Bertz CT molecular complexity index is 1140. The first-order chi connectivity index (χ1) is 15.0. The van der Waals surface area contributed by atoms with Gasteiger partial charge in [0.25, 0.3) is 5.56 Å². The zero-order valence-corrected chi connectivity index (χ0v) is 17.8. The molecule has 0 bridgehead atoms. The number of benzene rings is 2. The van der Waals surface area contributed by atoms with Gasteiger partial charge in [-0.2, -0.15) is 0 Å². The van der Waals surface area contributed by atoms with E-state index in [1.165, 1.54) is 10.1 Å². The molecule has 2 aromatic carbocycles. The molecule has 0 atom stereocenters. The predicted molar refractivity (Wildman–Crippen MR) is 119 cm³/mol. The highest BCUT2D eigenvalue weighted by atomic mass is 16.5. The van der Waals surface area contributed by atoms with Crippen molar-refractivity contribution in [2.45, 2.75) is 33.0 Å². The number of rotatable bonds is 6. The van der Waals surface area contributed by atoms with Gasteiger partial charge in [-0.25, -0.2) is 4.98 Å². The van der Waals surface area contributed by atoms with Gasteiger partial charge < -0.3 is 10.1 Å². The number of hydrogen-bond donors (Lipinski definition) is 1. The maximum absolute atomic E-state index is 13.2.